The zero-order chi connectivity index (χ0) is 43.5. The molecule has 0 fully saturated rings. The van der Waals surface area contributed by atoms with E-state index in [1.54, 1.807) is 0 Å². The minimum absolute atomic E-state index is 0.267. The summed E-state index contributed by atoms with van der Waals surface area (Å²) >= 11 is 0. The molecule has 0 aliphatic heterocycles. The maximum absolute atomic E-state index is 7.37. The van der Waals surface area contributed by atoms with Crippen LogP contribution in [0.15, 0.2) is 192 Å². The monoisotopic (exact) mass is 807 g/mol. The zero-order valence-corrected chi connectivity index (χ0v) is 35.6. The zero-order valence-electron chi connectivity index (χ0n) is 35.6. The van der Waals surface area contributed by atoms with Crippen molar-refractivity contribution in [2.75, 3.05) is 4.90 Å². The Hall–Kier alpha value is -7.16. The maximum atomic E-state index is 7.37. The Morgan fingerprint density at radius 1 is 0.406 bits per heavy atom. The topological polar surface area (TPSA) is 16.4 Å². The molecule has 0 atom stereocenters. The molecule has 1 heterocycles. The average molecular weight is 807 g/mol. The molecule has 10 aromatic rings. The van der Waals surface area contributed by atoms with Crippen LogP contribution in [0.4, 0.5) is 17.1 Å². The third-order valence-electron chi connectivity index (χ3n) is 14.0. The van der Waals surface area contributed by atoms with Crippen molar-refractivity contribution in [1.29, 1.82) is 0 Å². The standard InChI is InChI=1S/C58H37B4NO/c1-57(2)45-22-12-9-19-39(45)41-29-26-37(32-47(41)57)63(56-54(61)52(59)51(53(60)55(56)62)34-25-28-44-43-21-11-14-24-49(43)64-50(44)31-34)38-27-30-42-40-20-10-13-23-46(40)58(48(42)33-38,35-15-5-3-6-16-35)36-17-7-4-8-18-36/h3-33H,1-2H3. The third-order valence-corrected chi connectivity index (χ3v) is 14.0. The molecule has 6 heteroatoms. The Bertz CT molecular complexity index is 3470. The van der Waals surface area contributed by atoms with Crippen LogP contribution in [-0.4, -0.2) is 31.4 Å². The van der Waals surface area contributed by atoms with Crippen molar-refractivity contribution in [3.63, 3.8) is 0 Å². The van der Waals surface area contributed by atoms with E-state index in [0.29, 0.717) is 33.1 Å². The van der Waals surface area contributed by atoms with Gasteiger partial charge in [0, 0.05) is 33.2 Å². The fourth-order valence-electron chi connectivity index (χ4n) is 11.1. The SMILES string of the molecule is [B]c1c([B])c(N(c2ccc3c(c2)C(C)(C)c2ccccc2-3)c2ccc3c(c2)C(c2ccccc2)(c2ccccc2)c2ccccc2-3)c([B])c([B])c1-c1ccc2c(c1)oc1ccccc12. The summed E-state index contributed by atoms with van der Waals surface area (Å²) in [4.78, 5) is 2.16. The van der Waals surface area contributed by atoms with E-state index in [9.17, 15) is 0 Å². The highest BCUT2D eigenvalue weighted by molar-refractivity contribution is 6.63. The normalized spacial score (nSPS) is 14.0. The second-order valence-corrected chi connectivity index (χ2v) is 17.7. The molecule has 64 heavy (non-hydrogen) atoms. The Balaban J connectivity index is 1.12. The molecule has 0 saturated carbocycles. The molecule has 1 aromatic heterocycles. The number of rotatable bonds is 6. The molecule has 0 unspecified atom stereocenters. The van der Waals surface area contributed by atoms with Crippen LogP contribution < -0.4 is 26.8 Å². The number of anilines is 3. The molecule has 2 aliphatic rings. The molecule has 8 radical (unpaired) electrons. The quantitative estimate of drug-likeness (QED) is 0.156. The van der Waals surface area contributed by atoms with Gasteiger partial charge in [-0.1, -0.05) is 181 Å². The molecule has 0 saturated heterocycles. The summed E-state index contributed by atoms with van der Waals surface area (Å²) < 4.78 is 6.30. The number of para-hydroxylation sites is 1. The van der Waals surface area contributed by atoms with Gasteiger partial charge in [0.25, 0.3) is 0 Å². The lowest BCUT2D eigenvalue weighted by molar-refractivity contribution is 0.660. The summed E-state index contributed by atoms with van der Waals surface area (Å²) in [5.41, 5.74) is 17.6. The van der Waals surface area contributed by atoms with E-state index < -0.39 is 5.41 Å². The van der Waals surface area contributed by atoms with Gasteiger partial charge in [-0.3, -0.25) is 0 Å². The summed E-state index contributed by atoms with van der Waals surface area (Å²) in [6, 6.07) is 66.5. The van der Waals surface area contributed by atoms with E-state index in [1.165, 1.54) is 44.5 Å². The lowest BCUT2D eigenvalue weighted by atomic mass is 9.64. The first-order chi connectivity index (χ1) is 31.2. The Kier molecular flexibility index (Phi) is 8.53. The van der Waals surface area contributed by atoms with Crippen molar-refractivity contribution in [2.24, 2.45) is 0 Å². The smallest absolute Gasteiger partial charge is 0.136 e. The third kappa shape index (κ3) is 5.32. The minimum atomic E-state index is -0.633. The van der Waals surface area contributed by atoms with Gasteiger partial charge in [0.05, 0.1) is 5.41 Å². The van der Waals surface area contributed by atoms with Gasteiger partial charge >= 0.3 is 0 Å². The average Bonchev–Trinajstić information content (AvgIpc) is 3.93. The van der Waals surface area contributed by atoms with Crippen LogP contribution in [0, 0.1) is 0 Å². The molecular formula is C58H37B4NO. The van der Waals surface area contributed by atoms with Crippen molar-refractivity contribution >= 4 is 92.2 Å². The van der Waals surface area contributed by atoms with E-state index >= 15 is 0 Å². The van der Waals surface area contributed by atoms with Gasteiger partial charge in [-0.25, -0.2) is 0 Å². The van der Waals surface area contributed by atoms with E-state index in [2.05, 4.69) is 170 Å². The highest BCUT2D eigenvalue weighted by Gasteiger charge is 2.46. The van der Waals surface area contributed by atoms with Crippen LogP contribution in [0.5, 0.6) is 0 Å². The van der Waals surface area contributed by atoms with Gasteiger partial charge in [-0.2, -0.15) is 0 Å². The van der Waals surface area contributed by atoms with Gasteiger partial charge in [-0.05, 0) is 109 Å². The molecule has 0 amide bonds. The van der Waals surface area contributed by atoms with Crippen LogP contribution in [0.3, 0.4) is 0 Å². The minimum Gasteiger partial charge on any atom is -0.456 e. The van der Waals surface area contributed by atoms with E-state index in [4.69, 9.17) is 35.8 Å². The second-order valence-electron chi connectivity index (χ2n) is 17.7. The number of furan rings is 1. The highest BCUT2D eigenvalue weighted by atomic mass is 16.3. The highest BCUT2D eigenvalue weighted by Crippen LogP contribution is 2.57. The molecule has 12 rings (SSSR count). The maximum Gasteiger partial charge on any atom is 0.136 e. The van der Waals surface area contributed by atoms with E-state index in [1.807, 2.05) is 36.4 Å². The van der Waals surface area contributed by atoms with Gasteiger partial charge in [0.15, 0.2) is 0 Å². The van der Waals surface area contributed by atoms with E-state index in [0.717, 1.165) is 50.0 Å². The summed E-state index contributed by atoms with van der Waals surface area (Å²) in [6.45, 7) is 4.58. The summed E-state index contributed by atoms with van der Waals surface area (Å²) in [7, 11) is 29.2. The molecular weight excluding hydrogens is 770 g/mol. The van der Waals surface area contributed by atoms with Crippen molar-refractivity contribution in [3.05, 3.63) is 221 Å². The molecule has 0 spiro atoms. The van der Waals surface area contributed by atoms with Crippen molar-refractivity contribution in [2.45, 2.75) is 24.7 Å². The molecule has 9 aromatic carbocycles. The number of benzene rings is 9. The van der Waals surface area contributed by atoms with Gasteiger partial charge in [-0.15, -0.1) is 0 Å². The van der Waals surface area contributed by atoms with Gasteiger partial charge in [0.1, 0.15) is 42.6 Å². The van der Waals surface area contributed by atoms with Gasteiger partial charge < -0.3 is 9.32 Å². The second kappa shape index (κ2) is 14.2. The Labute approximate surface area is 379 Å². The fourth-order valence-corrected chi connectivity index (χ4v) is 11.1. The lowest BCUT2D eigenvalue weighted by Crippen LogP contribution is -2.46. The molecule has 2 aliphatic carbocycles. The number of nitrogens with zero attached hydrogens (tertiary/aromatic N) is 1. The molecule has 0 bridgehead atoms. The van der Waals surface area contributed by atoms with E-state index in [-0.39, 0.29) is 5.41 Å². The molecule has 2 nitrogen and oxygen atoms in total. The predicted octanol–water partition coefficient (Wildman–Crippen LogP) is 10.6. The lowest BCUT2D eigenvalue weighted by Gasteiger charge is -2.36. The first kappa shape index (κ1) is 38.5. The molecule has 292 valence electrons. The van der Waals surface area contributed by atoms with Gasteiger partial charge in [0.2, 0.25) is 0 Å². The predicted molar refractivity (Wildman–Crippen MR) is 270 cm³/mol. The fraction of sp³-hybridized carbons (Fsp3) is 0.0690. The van der Waals surface area contributed by atoms with Crippen molar-refractivity contribution < 1.29 is 4.42 Å². The number of fused-ring (bicyclic) bond motifs is 9. The number of hydrogen-bond acceptors (Lipinski definition) is 2. The summed E-state index contributed by atoms with van der Waals surface area (Å²) in [5.74, 6) is 0. The van der Waals surface area contributed by atoms with Crippen LogP contribution in [0.1, 0.15) is 47.2 Å². The van der Waals surface area contributed by atoms with Crippen molar-refractivity contribution in [3.8, 4) is 33.4 Å². The first-order valence-corrected chi connectivity index (χ1v) is 21.8. The number of hydrogen-bond donors (Lipinski definition) is 0. The van der Waals surface area contributed by atoms with Crippen LogP contribution in [0.25, 0.3) is 55.3 Å². The Morgan fingerprint density at radius 3 is 1.56 bits per heavy atom. The van der Waals surface area contributed by atoms with Crippen LogP contribution >= 0.6 is 0 Å². The summed E-state index contributed by atoms with van der Waals surface area (Å²) in [6.07, 6.45) is 0. The summed E-state index contributed by atoms with van der Waals surface area (Å²) in [5, 5.41) is 2.04. The largest absolute Gasteiger partial charge is 0.456 e. The van der Waals surface area contributed by atoms with Crippen molar-refractivity contribution in [1.82, 2.24) is 0 Å². The van der Waals surface area contributed by atoms with Crippen LogP contribution in [-0.2, 0) is 10.8 Å². The van der Waals surface area contributed by atoms with Crippen LogP contribution in [0.2, 0.25) is 0 Å². The Morgan fingerprint density at radius 2 is 0.906 bits per heavy atom. The first-order valence-electron chi connectivity index (χ1n) is 21.8. The molecule has 0 N–H and O–H groups in total.